The quantitative estimate of drug-likeness (QED) is 0.714. The van der Waals surface area contributed by atoms with Crippen LogP contribution in [0.4, 0.5) is 5.69 Å². The molecule has 17 heavy (non-hydrogen) atoms. The highest BCUT2D eigenvalue weighted by Crippen LogP contribution is 2.36. The Morgan fingerprint density at radius 1 is 1.41 bits per heavy atom. The molecule has 0 aliphatic carbocycles. The number of rotatable bonds is 1. The summed E-state index contributed by atoms with van der Waals surface area (Å²) in [6.45, 7) is 2.11. The maximum Gasteiger partial charge on any atom is 0.161 e. The normalized spacial score (nSPS) is 20.0. The molecule has 1 aromatic rings. The van der Waals surface area contributed by atoms with Gasteiger partial charge in [0.25, 0.3) is 0 Å². The molecular formula is C11H11BrCl2N2S. The molecular weight excluding hydrogens is 343 g/mol. The van der Waals surface area contributed by atoms with Gasteiger partial charge >= 0.3 is 0 Å². The second-order valence-corrected chi connectivity index (χ2v) is 6.46. The highest BCUT2D eigenvalue weighted by molar-refractivity contribution is 9.10. The van der Waals surface area contributed by atoms with Gasteiger partial charge in [0.1, 0.15) is 0 Å². The Bertz CT molecular complexity index is 465. The Kier molecular flexibility index (Phi) is 4.64. The van der Waals surface area contributed by atoms with Gasteiger partial charge in [-0.2, -0.15) is 0 Å². The van der Waals surface area contributed by atoms with E-state index in [-0.39, 0.29) is 0 Å². The molecule has 92 valence electrons. The smallest absolute Gasteiger partial charge is 0.161 e. The molecule has 0 fully saturated rings. The Morgan fingerprint density at radius 3 is 2.88 bits per heavy atom. The lowest BCUT2D eigenvalue weighted by molar-refractivity contribution is 0.720. The number of hydrogen-bond donors (Lipinski definition) is 1. The second-order valence-electron chi connectivity index (χ2n) is 3.77. The van der Waals surface area contributed by atoms with Gasteiger partial charge in [-0.25, -0.2) is 0 Å². The van der Waals surface area contributed by atoms with Crippen LogP contribution in [-0.4, -0.2) is 17.0 Å². The molecule has 1 N–H and O–H groups in total. The average molecular weight is 354 g/mol. The van der Waals surface area contributed by atoms with Gasteiger partial charge in [0.15, 0.2) is 5.17 Å². The number of nitrogens with zero attached hydrogens (tertiary/aromatic N) is 1. The van der Waals surface area contributed by atoms with E-state index >= 15 is 0 Å². The summed E-state index contributed by atoms with van der Waals surface area (Å²) in [6, 6.07) is 4.12. The van der Waals surface area contributed by atoms with Crippen LogP contribution in [0.5, 0.6) is 0 Å². The highest BCUT2D eigenvalue weighted by atomic mass is 79.9. The van der Waals surface area contributed by atoms with Crippen LogP contribution in [0, 0.1) is 0 Å². The summed E-state index contributed by atoms with van der Waals surface area (Å²) < 4.78 is 0.793. The summed E-state index contributed by atoms with van der Waals surface area (Å²) in [4.78, 5) is 4.53. The van der Waals surface area contributed by atoms with Crippen molar-refractivity contribution in [1.29, 1.82) is 0 Å². The number of anilines is 1. The molecule has 0 saturated carbocycles. The van der Waals surface area contributed by atoms with E-state index < -0.39 is 0 Å². The Morgan fingerprint density at radius 2 is 2.18 bits per heavy atom. The predicted octanol–water partition coefficient (Wildman–Crippen LogP) is 5.05. The van der Waals surface area contributed by atoms with Crippen LogP contribution in [0.3, 0.4) is 0 Å². The molecule has 2 rings (SSSR count). The lowest BCUT2D eigenvalue weighted by Gasteiger charge is -2.18. The third kappa shape index (κ3) is 3.31. The Labute approximate surface area is 123 Å². The van der Waals surface area contributed by atoms with Gasteiger partial charge in [0.2, 0.25) is 0 Å². The second kappa shape index (κ2) is 5.83. The van der Waals surface area contributed by atoms with Gasteiger partial charge < -0.3 is 5.32 Å². The third-order valence-corrected chi connectivity index (χ3v) is 5.08. The number of nitrogens with one attached hydrogen (secondary N) is 1. The van der Waals surface area contributed by atoms with Crippen molar-refractivity contribution in [3.63, 3.8) is 0 Å². The van der Waals surface area contributed by atoms with Gasteiger partial charge in [-0.05, 0) is 41.4 Å². The van der Waals surface area contributed by atoms with Gasteiger partial charge in [0, 0.05) is 10.2 Å². The molecule has 0 spiro atoms. The van der Waals surface area contributed by atoms with Gasteiger partial charge in [-0.3, -0.25) is 4.99 Å². The Balaban J connectivity index is 2.22. The summed E-state index contributed by atoms with van der Waals surface area (Å²) >= 11 is 17.3. The van der Waals surface area contributed by atoms with Crippen molar-refractivity contribution < 1.29 is 0 Å². The van der Waals surface area contributed by atoms with E-state index in [4.69, 9.17) is 23.2 Å². The van der Waals surface area contributed by atoms with Crippen molar-refractivity contribution in [2.45, 2.75) is 19.4 Å². The van der Waals surface area contributed by atoms with E-state index in [0.29, 0.717) is 16.1 Å². The van der Waals surface area contributed by atoms with Crippen LogP contribution in [0.2, 0.25) is 10.0 Å². The number of aliphatic imine (C=N–C) groups is 1. The topological polar surface area (TPSA) is 24.4 Å². The van der Waals surface area contributed by atoms with E-state index in [2.05, 4.69) is 33.2 Å². The fourth-order valence-corrected chi connectivity index (χ4v) is 3.34. The summed E-state index contributed by atoms with van der Waals surface area (Å²) in [6.07, 6.45) is 1.12. The van der Waals surface area contributed by atoms with Crippen molar-refractivity contribution in [3.05, 3.63) is 26.7 Å². The predicted molar refractivity (Wildman–Crippen MR) is 81.8 cm³/mol. The average Bonchev–Trinajstić information content (AvgIpc) is 2.30. The molecule has 0 radical (unpaired) electrons. The summed E-state index contributed by atoms with van der Waals surface area (Å²) in [5.74, 6) is 1.08. The minimum absolute atomic E-state index is 0.364. The first-order chi connectivity index (χ1) is 8.08. The lowest BCUT2D eigenvalue weighted by atomic mass is 10.3. The standard InChI is InChI=1S/C11H11BrCl2N2S/c1-6-4-5-17-11(15-6)16-8-3-2-7(12)9(13)10(8)14/h2-3,6H,4-5H2,1H3,(H,15,16). The zero-order valence-electron chi connectivity index (χ0n) is 9.14. The lowest BCUT2D eigenvalue weighted by Crippen LogP contribution is -2.18. The first kappa shape index (κ1) is 13.5. The Hall–Kier alpha value is 0.1000. The molecule has 6 heteroatoms. The van der Waals surface area contributed by atoms with Crippen LogP contribution in [-0.2, 0) is 0 Å². The maximum atomic E-state index is 6.17. The van der Waals surface area contributed by atoms with Crippen LogP contribution in [0.1, 0.15) is 13.3 Å². The summed E-state index contributed by atoms with van der Waals surface area (Å²) in [5.41, 5.74) is 0.792. The molecule has 2 nitrogen and oxygen atoms in total. The van der Waals surface area contributed by atoms with E-state index in [1.807, 2.05) is 12.1 Å². The minimum atomic E-state index is 0.364. The molecule has 1 aliphatic heterocycles. The SMILES string of the molecule is CC1CCSC(Nc2ccc(Br)c(Cl)c2Cl)=N1. The number of benzene rings is 1. The summed E-state index contributed by atoms with van der Waals surface area (Å²) in [7, 11) is 0. The van der Waals surface area contributed by atoms with Crippen LogP contribution >= 0.6 is 50.9 Å². The van der Waals surface area contributed by atoms with E-state index in [9.17, 15) is 0 Å². The zero-order valence-corrected chi connectivity index (χ0v) is 13.0. The molecule has 1 heterocycles. The van der Waals surface area contributed by atoms with E-state index in [1.54, 1.807) is 11.8 Å². The molecule has 1 unspecified atom stereocenters. The molecule has 0 bridgehead atoms. The summed E-state index contributed by atoms with van der Waals surface area (Å²) in [5, 5.41) is 5.17. The molecule has 0 aromatic heterocycles. The fraction of sp³-hybridized carbons (Fsp3) is 0.364. The fourth-order valence-electron chi connectivity index (χ4n) is 1.43. The molecule has 0 amide bonds. The number of thioether (sulfide) groups is 1. The van der Waals surface area contributed by atoms with Gasteiger partial charge in [-0.15, -0.1) is 0 Å². The molecule has 1 aromatic carbocycles. The monoisotopic (exact) mass is 352 g/mol. The molecule has 0 saturated heterocycles. The highest BCUT2D eigenvalue weighted by Gasteiger charge is 2.14. The van der Waals surface area contributed by atoms with Crippen molar-refractivity contribution in [2.75, 3.05) is 11.1 Å². The number of amidine groups is 1. The third-order valence-electron chi connectivity index (χ3n) is 2.39. The first-order valence-corrected chi connectivity index (χ1v) is 7.72. The van der Waals surface area contributed by atoms with E-state index in [1.165, 1.54) is 0 Å². The van der Waals surface area contributed by atoms with Crippen LogP contribution < -0.4 is 5.32 Å². The minimum Gasteiger partial charge on any atom is -0.334 e. The van der Waals surface area contributed by atoms with Crippen molar-refractivity contribution >= 4 is 61.7 Å². The van der Waals surface area contributed by atoms with Gasteiger partial charge in [-0.1, -0.05) is 35.0 Å². The van der Waals surface area contributed by atoms with Crippen LogP contribution in [0.15, 0.2) is 21.6 Å². The number of hydrogen-bond acceptors (Lipinski definition) is 3. The van der Waals surface area contributed by atoms with Crippen molar-refractivity contribution in [2.24, 2.45) is 4.99 Å². The largest absolute Gasteiger partial charge is 0.334 e. The molecule has 1 aliphatic rings. The van der Waals surface area contributed by atoms with Gasteiger partial charge in [0.05, 0.1) is 21.8 Å². The number of halogens is 3. The zero-order chi connectivity index (χ0) is 12.4. The van der Waals surface area contributed by atoms with Crippen molar-refractivity contribution in [1.82, 2.24) is 0 Å². The maximum absolute atomic E-state index is 6.17. The van der Waals surface area contributed by atoms with Crippen LogP contribution in [0.25, 0.3) is 0 Å². The van der Waals surface area contributed by atoms with Crippen molar-refractivity contribution in [3.8, 4) is 0 Å². The molecule has 1 atom stereocenters. The first-order valence-electron chi connectivity index (χ1n) is 5.19. The van der Waals surface area contributed by atoms with E-state index in [0.717, 1.165) is 27.5 Å².